The molecule has 3 rings (SSSR count). The third-order valence-electron chi connectivity index (χ3n) is 4.85. The van der Waals surface area contributed by atoms with Crippen molar-refractivity contribution in [3.05, 3.63) is 83.9 Å². The van der Waals surface area contributed by atoms with Gasteiger partial charge in [-0.2, -0.15) is 0 Å². The molecule has 0 bridgehead atoms. The van der Waals surface area contributed by atoms with Crippen LogP contribution in [-0.4, -0.2) is 31.8 Å². The molecule has 0 aliphatic rings. The lowest BCUT2D eigenvalue weighted by molar-refractivity contribution is 0.0525. The maximum absolute atomic E-state index is 12.7. The lowest BCUT2D eigenvalue weighted by atomic mass is 9.93. The van der Waals surface area contributed by atoms with Gasteiger partial charge in [-0.05, 0) is 35.7 Å². The number of amides is 1. The third kappa shape index (κ3) is 4.58. The highest BCUT2D eigenvalue weighted by atomic mass is 16.5. The number of nitrogens with one attached hydrogen (secondary N) is 1. The van der Waals surface area contributed by atoms with Gasteiger partial charge in [0.25, 0.3) is 5.91 Å². The van der Waals surface area contributed by atoms with Crippen LogP contribution in [-0.2, 0) is 5.60 Å². The standard InChI is InChI=1S/C24H25NO4/c1-24(27,19-14-12-18(13-15-19)17-8-5-4-6-9-17)16-25-23(26)20-10-7-11-21(28-2)22(20)29-3/h4-15,27H,16H2,1-3H3,(H,25,26)/t24-/m1/s1. The van der Waals surface area contributed by atoms with Crippen molar-refractivity contribution in [1.82, 2.24) is 5.32 Å². The van der Waals surface area contributed by atoms with Gasteiger partial charge < -0.3 is 19.9 Å². The van der Waals surface area contributed by atoms with E-state index in [1.165, 1.54) is 14.2 Å². The van der Waals surface area contributed by atoms with Gasteiger partial charge in [0.1, 0.15) is 5.60 Å². The summed E-state index contributed by atoms with van der Waals surface area (Å²) >= 11 is 0. The van der Waals surface area contributed by atoms with Crippen LogP contribution in [0.15, 0.2) is 72.8 Å². The minimum atomic E-state index is -1.23. The lowest BCUT2D eigenvalue weighted by Gasteiger charge is -2.25. The van der Waals surface area contributed by atoms with Crippen molar-refractivity contribution in [2.24, 2.45) is 0 Å². The fraction of sp³-hybridized carbons (Fsp3) is 0.208. The smallest absolute Gasteiger partial charge is 0.255 e. The summed E-state index contributed by atoms with van der Waals surface area (Å²) < 4.78 is 10.5. The predicted octanol–water partition coefficient (Wildman–Crippen LogP) is 4.01. The molecule has 0 aliphatic heterocycles. The van der Waals surface area contributed by atoms with Crippen LogP contribution >= 0.6 is 0 Å². The molecular formula is C24H25NO4. The Kier molecular flexibility index (Phi) is 6.20. The van der Waals surface area contributed by atoms with Gasteiger partial charge in [0.2, 0.25) is 0 Å². The Bertz CT molecular complexity index is 966. The maximum Gasteiger partial charge on any atom is 0.255 e. The van der Waals surface area contributed by atoms with Crippen molar-refractivity contribution in [3.63, 3.8) is 0 Å². The molecule has 5 heteroatoms. The number of ether oxygens (including phenoxy) is 2. The molecule has 0 saturated carbocycles. The Labute approximate surface area is 170 Å². The van der Waals surface area contributed by atoms with Gasteiger partial charge in [0.15, 0.2) is 11.5 Å². The number of rotatable bonds is 7. The molecule has 0 heterocycles. The highest BCUT2D eigenvalue weighted by molar-refractivity contribution is 5.97. The van der Waals surface area contributed by atoms with E-state index >= 15 is 0 Å². The van der Waals surface area contributed by atoms with E-state index in [0.29, 0.717) is 17.1 Å². The first-order valence-corrected chi connectivity index (χ1v) is 9.34. The summed E-state index contributed by atoms with van der Waals surface area (Å²) in [7, 11) is 3.00. The summed E-state index contributed by atoms with van der Waals surface area (Å²) in [4.78, 5) is 12.7. The Balaban J connectivity index is 1.72. The molecule has 2 N–H and O–H groups in total. The average Bonchev–Trinajstić information content (AvgIpc) is 2.77. The quantitative estimate of drug-likeness (QED) is 0.639. The molecular weight excluding hydrogens is 366 g/mol. The van der Waals surface area contributed by atoms with Crippen LogP contribution in [0.2, 0.25) is 0 Å². The predicted molar refractivity (Wildman–Crippen MR) is 113 cm³/mol. The van der Waals surface area contributed by atoms with Crippen molar-refractivity contribution in [2.75, 3.05) is 20.8 Å². The minimum Gasteiger partial charge on any atom is -0.493 e. The number of hydrogen-bond donors (Lipinski definition) is 2. The molecule has 5 nitrogen and oxygen atoms in total. The highest BCUT2D eigenvalue weighted by Gasteiger charge is 2.25. The molecule has 29 heavy (non-hydrogen) atoms. The topological polar surface area (TPSA) is 67.8 Å². The Morgan fingerprint density at radius 2 is 1.55 bits per heavy atom. The van der Waals surface area contributed by atoms with Crippen molar-refractivity contribution in [1.29, 1.82) is 0 Å². The minimum absolute atomic E-state index is 0.0525. The summed E-state index contributed by atoms with van der Waals surface area (Å²) in [5.74, 6) is 0.490. The van der Waals surface area contributed by atoms with Crippen LogP contribution in [0, 0.1) is 0 Å². The van der Waals surface area contributed by atoms with Crippen molar-refractivity contribution in [3.8, 4) is 22.6 Å². The van der Waals surface area contributed by atoms with Crippen LogP contribution in [0.4, 0.5) is 0 Å². The molecule has 0 unspecified atom stereocenters. The molecule has 0 aliphatic carbocycles. The van der Waals surface area contributed by atoms with Gasteiger partial charge >= 0.3 is 0 Å². The second kappa shape index (κ2) is 8.80. The summed E-state index contributed by atoms with van der Waals surface area (Å²) in [6.45, 7) is 1.73. The molecule has 3 aromatic carbocycles. The number of carbonyl (C=O) groups excluding carboxylic acids is 1. The molecule has 1 atom stereocenters. The SMILES string of the molecule is COc1cccc(C(=O)NC[C@@](C)(O)c2ccc(-c3ccccc3)cc2)c1OC. The maximum atomic E-state index is 12.7. The van der Waals surface area contributed by atoms with E-state index < -0.39 is 5.60 Å². The zero-order valence-corrected chi connectivity index (χ0v) is 16.8. The van der Waals surface area contributed by atoms with Crippen molar-refractivity contribution in [2.45, 2.75) is 12.5 Å². The van der Waals surface area contributed by atoms with E-state index in [9.17, 15) is 9.90 Å². The highest BCUT2D eigenvalue weighted by Crippen LogP contribution is 2.31. The van der Waals surface area contributed by atoms with Gasteiger partial charge in [-0.15, -0.1) is 0 Å². The van der Waals surface area contributed by atoms with E-state index in [1.54, 1.807) is 25.1 Å². The van der Waals surface area contributed by atoms with Crippen LogP contribution in [0.25, 0.3) is 11.1 Å². The second-order valence-electron chi connectivity index (χ2n) is 6.94. The number of hydrogen-bond acceptors (Lipinski definition) is 4. The van der Waals surface area contributed by atoms with Crippen LogP contribution in [0.3, 0.4) is 0 Å². The van der Waals surface area contributed by atoms with Gasteiger partial charge in [0, 0.05) is 0 Å². The van der Waals surface area contributed by atoms with Gasteiger partial charge in [0.05, 0.1) is 26.3 Å². The fourth-order valence-corrected chi connectivity index (χ4v) is 3.17. The molecule has 0 spiro atoms. The summed E-state index contributed by atoms with van der Waals surface area (Å²) in [6, 6.07) is 22.8. The third-order valence-corrected chi connectivity index (χ3v) is 4.85. The first kappa shape index (κ1) is 20.4. The number of carbonyl (C=O) groups is 1. The largest absolute Gasteiger partial charge is 0.493 e. The fourth-order valence-electron chi connectivity index (χ4n) is 3.17. The number of benzene rings is 3. The zero-order valence-electron chi connectivity index (χ0n) is 16.8. The Hall–Kier alpha value is -3.31. The van der Waals surface area contributed by atoms with E-state index in [2.05, 4.69) is 5.32 Å². The normalized spacial score (nSPS) is 12.7. The van der Waals surface area contributed by atoms with E-state index in [-0.39, 0.29) is 12.5 Å². The average molecular weight is 391 g/mol. The van der Waals surface area contributed by atoms with E-state index in [4.69, 9.17) is 9.47 Å². The van der Waals surface area contributed by atoms with E-state index in [1.807, 2.05) is 54.6 Å². The van der Waals surface area contributed by atoms with Crippen LogP contribution in [0.5, 0.6) is 11.5 Å². The van der Waals surface area contributed by atoms with Gasteiger partial charge in [-0.25, -0.2) is 0 Å². The molecule has 0 fully saturated rings. The summed E-state index contributed by atoms with van der Waals surface area (Å²) in [5, 5.41) is 13.7. The molecule has 3 aromatic rings. The van der Waals surface area contributed by atoms with Crippen molar-refractivity contribution < 1.29 is 19.4 Å². The van der Waals surface area contributed by atoms with Crippen molar-refractivity contribution >= 4 is 5.91 Å². The first-order chi connectivity index (χ1) is 14.0. The number of methoxy groups -OCH3 is 2. The molecule has 1 amide bonds. The molecule has 0 saturated heterocycles. The van der Waals surface area contributed by atoms with Crippen LogP contribution in [0.1, 0.15) is 22.8 Å². The van der Waals surface area contributed by atoms with Gasteiger partial charge in [-0.3, -0.25) is 4.79 Å². The summed E-state index contributed by atoms with van der Waals surface area (Å²) in [6.07, 6.45) is 0. The zero-order chi connectivity index (χ0) is 20.9. The van der Waals surface area contributed by atoms with E-state index in [0.717, 1.165) is 16.7 Å². The Morgan fingerprint density at radius 1 is 0.897 bits per heavy atom. The van der Waals surface area contributed by atoms with Gasteiger partial charge in [-0.1, -0.05) is 60.7 Å². The molecule has 150 valence electrons. The second-order valence-corrected chi connectivity index (χ2v) is 6.94. The number of aliphatic hydroxyl groups is 1. The molecule has 0 aromatic heterocycles. The first-order valence-electron chi connectivity index (χ1n) is 9.34. The monoisotopic (exact) mass is 391 g/mol. The number of para-hydroxylation sites is 1. The molecule has 0 radical (unpaired) electrons. The summed E-state index contributed by atoms with van der Waals surface area (Å²) in [5.41, 5.74) is 2.02. The lowest BCUT2D eigenvalue weighted by Crippen LogP contribution is -2.38. The Morgan fingerprint density at radius 3 is 2.17 bits per heavy atom. The van der Waals surface area contributed by atoms with Crippen LogP contribution < -0.4 is 14.8 Å².